The molecule has 5 nitrogen and oxygen atoms in total. The summed E-state index contributed by atoms with van der Waals surface area (Å²) in [7, 11) is 0. The third-order valence-corrected chi connectivity index (χ3v) is 4.23. The van der Waals surface area contributed by atoms with E-state index in [9.17, 15) is 4.79 Å². The Balaban J connectivity index is 1.72. The van der Waals surface area contributed by atoms with Crippen LogP contribution in [0.15, 0.2) is 0 Å². The van der Waals surface area contributed by atoms with Gasteiger partial charge >= 0.3 is 6.09 Å². The lowest BCUT2D eigenvalue weighted by Gasteiger charge is -2.43. The molecule has 0 bridgehead atoms. The van der Waals surface area contributed by atoms with Gasteiger partial charge in [0.25, 0.3) is 0 Å². The summed E-state index contributed by atoms with van der Waals surface area (Å²) in [6, 6.07) is 0. The standard InChI is InChI=1S/C16H30N2O3/c1-15(2,3)21-14(19)18-16(7-5-8-16)12-17-10-13-6-4-9-20-11-13/h13,17H,4-12H2,1-3H3,(H,18,19). The summed E-state index contributed by atoms with van der Waals surface area (Å²) in [6.45, 7) is 9.23. The normalized spacial score (nSPS) is 25.0. The third-order valence-electron chi connectivity index (χ3n) is 4.23. The van der Waals surface area contributed by atoms with E-state index in [2.05, 4.69) is 10.6 Å². The minimum absolute atomic E-state index is 0.113. The fraction of sp³-hybridized carbons (Fsp3) is 0.938. The smallest absolute Gasteiger partial charge is 0.408 e. The first-order chi connectivity index (χ1) is 9.89. The van der Waals surface area contributed by atoms with Crippen LogP contribution in [0.2, 0.25) is 0 Å². The first kappa shape index (κ1) is 16.6. The maximum Gasteiger partial charge on any atom is 0.408 e. The van der Waals surface area contributed by atoms with E-state index in [1.54, 1.807) is 0 Å². The van der Waals surface area contributed by atoms with Gasteiger partial charge in [-0.05, 0) is 58.8 Å². The minimum Gasteiger partial charge on any atom is -0.444 e. The quantitative estimate of drug-likeness (QED) is 0.818. The summed E-state index contributed by atoms with van der Waals surface area (Å²) in [6.07, 6.45) is 5.32. The van der Waals surface area contributed by atoms with Gasteiger partial charge in [0.05, 0.1) is 12.1 Å². The van der Waals surface area contributed by atoms with Crippen molar-refractivity contribution in [2.75, 3.05) is 26.3 Å². The number of ether oxygens (including phenoxy) is 2. The Bertz CT molecular complexity index is 342. The summed E-state index contributed by atoms with van der Waals surface area (Å²) in [5, 5.41) is 6.59. The lowest BCUT2D eigenvalue weighted by atomic mass is 9.76. The molecule has 1 aliphatic carbocycles. The highest BCUT2D eigenvalue weighted by Crippen LogP contribution is 2.31. The molecule has 0 spiro atoms. The topological polar surface area (TPSA) is 59.6 Å². The third kappa shape index (κ3) is 5.47. The molecule has 1 aliphatic heterocycles. The average Bonchev–Trinajstić information content (AvgIpc) is 2.34. The summed E-state index contributed by atoms with van der Waals surface area (Å²) in [4.78, 5) is 12.0. The van der Waals surface area contributed by atoms with Crippen molar-refractivity contribution in [3.05, 3.63) is 0 Å². The van der Waals surface area contributed by atoms with Gasteiger partial charge in [-0.3, -0.25) is 0 Å². The molecule has 1 saturated heterocycles. The number of nitrogens with one attached hydrogen (secondary N) is 2. The lowest BCUT2D eigenvalue weighted by molar-refractivity contribution is 0.0362. The summed E-state index contributed by atoms with van der Waals surface area (Å²) >= 11 is 0. The van der Waals surface area contributed by atoms with Crippen LogP contribution in [0, 0.1) is 5.92 Å². The maximum absolute atomic E-state index is 12.0. The Morgan fingerprint density at radius 2 is 2.10 bits per heavy atom. The molecule has 2 aliphatic rings. The SMILES string of the molecule is CC(C)(C)OC(=O)NC1(CNCC2CCCOC2)CCC1. The molecule has 1 saturated carbocycles. The molecule has 2 rings (SSSR count). The second-order valence-corrected chi connectivity index (χ2v) is 7.47. The van der Waals surface area contributed by atoms with Crippen LogP contribution in [0.3, 0.4) is 0 Å². The Morgan fingerprint density at radius 1 is 1.33 bits per heavy atom. The number of carbonyl (C=O) groups excluding carboxylic acids is 1. The van der Waals surface area contributed by atoms with Crippen molar-refractivity contribution < 1.29 is 14.3 Å². The molecule has 122 valence electrons. The molecule has 0 radical (unpaired) electrons. The van der Waals surface area contributed by atoms with E-state index < -0.39 is 5.60 Å². The predicted octanol–water partition coefficient (Wildman–Crippen LogP) is 2.45. The average molecular weight is 298 g/mol. The first-order valence-electron chi connectivity index (χ1n) is 8.18. The number of hydrogen-bond donors (Lipinski definition) is 2. The van der Waals surface area contributed by atoms with Crippen molar-refractivity contribution >= 4 is 6.09 Å². The molecule has 0 aromatic carbocycles. The minimum atomic E-state index is -0.443. The molecule has 1 unspecified atom stereocenters. The zero-order chi connectivity index (χ0) is 15.3. The van der Waals surface area contributed by atoms with Gasteiger partial charge in [-0.25, -0.2) is 4.79 Å². The van der Waals surface area contributed by atoms with Gasteiger partial charge in [-0.2, -0.15) is 0 Å². The fourth-order valence-electron chi connectivity index (χ4n) is 2.95. The Hall–Kier alpha value is -0.810. The van der Waals surface area contributed by atoms with Crippen LogP contribution < -0.4 is 10.6 Å². The molecule has 2 fully saturated rings. The van der Waals surface area contributed by atoms with E-state index in [1.807, 2.05) is 20.8 Å². The first-order valence-corrected chi connectivity index (χ1v) is 8.18. The highest BCUT2D eigenvalue weighted by Gasteiger charge is 2.39. The van der Waals surface area contributed by atoms with Gasteiger partial charge < -0.3 is 20.1 Å². The van der Waals surface area contributed by atoms with Crippen molar-refractivity contribution in [1.29, 1.82) is 0 Å². The zero-order valence-corrected chi connectivity index (χ0v) is 13.7. The molecule has 5 heteroatoms. The molecule has 1 heterocycles. The molecular weight excluding hydrogens is 268 g/mol. The molecule has 1 amide bonds. The van der Waals surface area contributed by atoms with Crippen LogP contribution in [0.1, 0.15) is 52.9 Å². The van der Waals surface area contributed by atoms with E-state index in [0.717, 1.165) is 45.6 Å². The van der Waals surface area contributed by atoms with E-state index in [-0.39, 0.29) is 11.6 Å². The second kappa shape index (κ2) is 6.97. The summed E-state index contributed by atoms with van der Waals surface area (Å²) in [5.74, 6) is 0.609. The Labute approximate surface area is 128 Å². The number of amides is 1. The molecular formula is C16H30N2O3. The van der Waals surface area contributed by atoms with E-state index in [1.165, 1.54) is 12.8 Å². The van der Waals surface area contributed by atoms with Gasteiger partial charge in [0.15, 0.2) is 0 Å². The molecule has 1 atom stereocenters. The summed E-state index contributed by atoms with van der Waals surface area (Å²) in [5.41, 5.74) is -0.556. The van der Waals surface area contributed by atoms with Gasteiger partial charge in [0.2, 0.25) is 0 Å². The number of rotatable bonds is 5. The largest absolute Gasteiger partial charge is 0.444 e. The van der Waals surface area contributed by atoms with Gasteiger partial charge in [-0.1, -0.05) is 0 Å². The van der Waals surface area contributed by atoms with Crippen LogP contribution >= 0.6 is 0 Å². The summed E-state index contributed by atoms with van der Waals surface area (Å²) < 4.78 is 10.9. The molecule has 2 N–H and O–H groups in total. The van der Waals surface area contributed by atoms with Crippen molar-refractivity contribution in [2.45, 2.75) is 64.0 Å². The van der Waals surface area contributed by atoms with Crippen LogP contribution in [0.4, 0.5) is 4.79 Å². The Morgan fingerprint density at radius 3 is 2.62 bits per heavy atom. The molecule has 0 aromatic rings. The fourth-order valence-corrected chi connectivity index (χ4v) is 2.95. The number of alkyl carbamates (subject to hydrolysis) is 1. The van der Waals surface area contributed by atoms with Crippen molar-refractivity contribution in [2.24, 2.45) is 5.92 Å². The van der Waals surface area contributed by atoms with Crippen LogP contribution in [0.5, 0.6) is 0 Å². The van der Waals surface area contributed by atoms with Gasteiger partial charge in [0, 0.05) is 19.7 Å². The highest BCUT2D eigenvalue weighted by molar-refractivity contribution is 5.69. The second-order valence-electron chi connectivity index (χ2n) is 7.47. The lowest BCUT2D eigenvalue weighted by Crippen LogP contribution is -2.60. The van der Waals surface area contributed by atoms with Gasteiger partial charge in [0.1, 0.15) is 5.60 Å². The van der Waals surface area contributed by atoms with Crippen molar-refractivity contribution in [1.82, 2.24) is 10.6 Å². The van der Waals surface area contributed by atoms with E-state index >= 15 is 0 Å². The predicted molar refractivity (Wildman–Crippen MR) is 82.4 cm³/mol. The number of carbonyl (C=O) groups is 1. The monoisotopic (exact) mass is 298 g/mol. The van der Waals surface area contributed by atoms with Crippen molar-refractivity contribution in [3.63, 3.8) is 0 Å². The Kier molecular flexibility index (Phi) is 5.49. The number of hydrogen-bond acceptors (Lipinski definition) is 4. The maximum atomic E-state index is 12.0. The molecule has 21 heavy (non-hydrogen) atoms. The highest BCUT2D eigenvalue weighted by atomic mass is 16.6. The zero-order valence-electron chi connectivity index (χ0n) is 13.7. The van der Waals surface area contributed by atoms with Gasteiger partial charge in [-0.15, -0.1) is 0 Å². The van der Waals surface area contributed by atoms with Crippen LogP contribution in [-0.2, 0) is 9.47 Å². The molecule has 0 aromatic heterocycles. The van der Waals surface area contributed by atoms with Crippen LogP contribution in [-0.4, -0.2) is 43.5 Å². The van der Waals surface area contributed by atoms with Crippen molar-refractivity contribution in [3.8, 4) is 0 Å². The van der Waals surface area contributed by atoms with E-state index in [4.69, 9.17) is 9.47 Å². The van der Waals surface area contributed by atoms with E-state index in [0.29, 0.717) is 5.92 Å². The van der Waals surface area contributed by atoms with Crippen LogP contribution in [0.25, 0.3) is 0 Å².